The molecule has 0 aliphatic rings. The molecule has 3 nitrogen and oxygen atoms in total. The van der Waals surface area contributed by atoms with Crippen molar-refractivity contribution in [2.45, 2.75) is 25.1 Å². The van der Waals surface area contributed by atoms with Crippen molar-refractivity contribution < 1.29 is 31.5 Å². The molecule has 0 aromatic rings. The second-order valence-electron chi connectivity index (χ2n) is 2.36. The van der Waals surface area contributed by atoms with E-state index in [1.807, 2.05) is 0 Å². The summed E-state index contributed by atoms with van der Waals surface area (Å²) in [6.45, 7) is 0.696. The molecule has 0 fully saturated rings. The number of nitrogens with two attached hydrogens (primary N) is 1. The van der Waals surface area contributed by atoms with Crippen LogP contribution in [0, 0.1) is 0 Å². The number of hydrogen-bond donors (Lipinski definition) is 1. The van der Waals surface area contributed by atoms with Crippen molar-refractivity contribution in [3.63, 3.8) is 0 Å². The third-order valence-electron chi connectivity index (χ3n) is 1.30. The van der Waals surface area contributed by atoms with Gasteiger partial charge in [-0.3, -0.25) is 4.79 Å². The lowest BCUT2D eigenvalue weighted by Gasteiger charge is -2.25. The van der Waals surface area contributed by atoms with Crippen molar-refractivity contribution in [1.29, 1.82) is 0 Å². The average Bonchev–Trinajstić information content (AvgIpc) is 1.96. The fraction of sp³-hybridized carbons (Fsp3) is 0.833. The molecule has 1 unspecified atom stereocenters. The minimum atomic E-state index is -5.86. The Morgan fingerprint density at radius 2 is 1.79 bits per heavy atom. The molecule has 0 heterocycles. The molecule has 0 bridgehead atoms. The van der Waals surface area contributed by atoms with Gasteiger partial charge in [-0.05, 0) is 6.92 Å². The molecule has 1 atom stereocenters. The fourth-order valence-corrected chi connectivity index (χ4v) is 0.681. The first-order chi connectivity index (χ1) is 6.14. The van der Waals surface area contributed by atoms with Gasteiger partial charge in [0.25, 0.3) is 5.91 Å². The lowest BCUT2D eigenvalue weighted by molar-refractivity contribution is -0.312. The Hall–Kier alpha value is -0.920. The van der Waals surface area contributed by atoms with Crippen molar-refractivity contribution in [2.75, 3.05) is 6.61 Å². The maximum atomic E-state index is 12.5. The Balaban J connectivity index is 4.90. The molecule has 0 rings (SSSR count). The molecule has 0 spiro atoms. The molecule has 0 aromatic carbocycles. The van der Waals surface area contributed by atoms with Gasteiger partial charge in [0.1, 0.15) is 0 Å². The Morgan fingerprint density at radius 1 is 1.36 bits per heavy atom. The van der Waals surface area contributed by atoms with E-state index in [1.54, 1.807) is 0 Å². The Morgan fingerprint density at radius 3 is 2.00 bits per heavy atom. The molecule has 0 saturated heterocycles. The van der Waals surface area contributed by atoms with E-state index in [2.05, 4.69) is 10.5 Å². The Kier molecular flexibility index (Phi) is 3.81. The molecule has 0 saturated carbocycles. The summed E-state index contributed by atoms with van der Waals surface area (Å²) in [5, 5.41) is 0. The molecular weight excluding hydrogens is 213 g/mol. The molecule has 84 valence electrons. The van der Waals surface area contributed by atoms with Gasteiger partial charge in [0, 0.05) is 6.61 Å². The number of halogens is 5. The Labute approximate surface area is 76.0 Å². The lowest BCUT2D eigenvalue weighted by atomic mass is 10.1. The molecule has 0 aromatic heterocycles. The van der Waals surface area contributed by atoms with Crippen LogP contribution in [0.2, 0.25) is 0 Å². The van der Waals surface area contributed by atoms with Crippen LogP contribution in [0.5, 0.6) is 0 Å². The number of alkyl halides is 5. The van der Waals surface area contributed by atoms with Crippen LogP contribution in [0.15, 0.2) is 0 Å². The molecular formula is C6H8F5NO2. The minimum absolute atomic E-state index is 0.473. The van der Waals surface area contributed by atoms with Gasteiger partial charge in [0.15, 0.2) is 0 Å². The first-order valence-electron chi connectivity index (χ1n) is 3.50. The molecule has 1 amide bonds. The Bertz CT molecular complexity index is 215. The van der Waals surface area contributed by atoms with Gasteiger partial charge in [-0.25, -0.2) is 0 Å². The van der Waals surface area contributed by atoms with Gasteiger partial charge < -0.3 is 10.5 Å². The summed E-state index contributed by atoms with van der Waals surface area (Å²) in [5.41, 5.74) is 4.36. The quantitative estimate of drug-likeness (QED) is 0.722. The van der Waals surface area contributed by atoms with E-state index < -0.39 is 30.7 Å². The van der Waals surface area contributed by atoms with E-state index in [9.17, 15) is 26.7 Å². The normalized spacial score (nSPS) is 15.3. The van der Waals surface area contributed by atoms with E-state index in [0.29, 0.717) is 0 Å². The highest BCUT2D eigenvalue weighted by Gasteiger charge is 2.65. The smallest absolute Gasteiger partial charge is 0.367 e. The number of hydrogen-bond acceptors (Lipinski definition) is 2. The fourth-order valence-electron chi connectivity index (χ4n) is 0.681. The summed E-state index contributed by atoms with van der Waals surface area (Å²) in [4.78, 5) is 10.3. The van der Waals surface area contributed by atoms with Crippen LogP contribution in [0.1, 0.15) is 6.92 Å². The molecule has 2 N–H and O–H groups in total. The number of rotatable bonds is 4. The maximum absolute atomic E-state index is 12.5. The van der Waals surface area contributed by atoms with Crippen LogP contribution in [0.3, 0.4) is 0 Å². The number of carbonyl (C=O) groups is 1. The summed E-state index contributed by atoms with van der Waals surface area (Å²) < 4.78 is 64.1. The van der Waals surface area contributed by atoms with Crippen molar-refractivity contribution in [1.82, 2.24) is 0 Å². The average molecular weight is 221 g/mol. The molecule has 0 aliphatic heterocycles. The maximum Gasteiger partial charge on any atom is 0.456 e. The number of primary amides is 1. The summed E-state index contributed by atoms with van der Waals surface area (Å²) in [7, 11) is 0. The van der Waals surface area contributed by atoms with Crippen molar-refractivity contribution in [3.05, 3.63) is 0 Å². The van der Waals surface area contributed by atoms with Crippen LogP contribution in [0.4, 0.5) is 22.0 Å². The monoisotopic (exact) mass is 221 g/mol. The third kappa shape index (κ3) is 2.53. The van der Waals surface area contributed by atoms with Crippen molar-refractivity contribution in [2.24, 2.45) is 5.73 Å². The zero-order valence-corrected chi connectivity index (χ0v) is 7.07. The van der Waals surface area contributed by atoms with Gasteiger partial charge in [0.05, 0.1) is 0 Å². The van der Waals surface area contributed by atoms with Crippen molar-refractivity contribution in [3.8, 4) is 0 Å². The van der Waals surface area contributed by atoms with Gasteiger partial charge in [-0.15, -0.1) is 0 Å². The third-order valence-corrected chi connectivity index (χ3v) is 1.30. The second kappa shape index (κ2) is 4.07. The standard InChI is InChI=1S/C6H8F5NO2/c1-2-14-3(4(12)13)5(7,8)6(9,10)11/h3H,2H2,1H3,(H2,12,13). The molecule has 0 aliphatic carbocycles. The van der Waals surface area contributed by atoms with Crippen LogP contribution < -0.4 is 5.73 Å². The summed E-state index contributed by atoms with van der Waals surface area (Å²) in [6.07, 6.45) is -8.84. The molecule has 14 heavy (non-hydrogen) atoms. The highest BCUT2D eigenvalue weighted by Crippen LogP contribution is 2.39. The topological polar surface area (TPSA) is 52.3 Å². The zero-order valence-electron chi connectivity index (χ0n) is 7.07. The predicted molar refractivity (Wildman–Crippen MR) is 35.6 cm³/mol. The van der Waals surface area contributed by atoms with Crippen LogP contribution in [-0.2, 0) is 9.53 Å². The van der Waals surface area contributed by atoms with Crippen molar-refractivity contribution >= 4 is 5.91 Å². The highest BCUT2D eigenvalue weighted by molar-refractivity contribution is 5.80. The molecule has 0 radical (unpaired) electrons. The number of carbonyl (C=O) groups excluding carboxylic acids is 1. The van der Waals surface area contributed by atoms with Crippen LogP contribution >= 0.6 is 0 Å². The summed E-state index contributed by atoms with van der Waals surface area (Å²) in [6, 6.07) is 0. The number of ether oxygens (including phenoxy) is 1. The molecule has 8 heteroatoms. The minimum Gasteiger partial charge on any atom is -0.367 e. The van der Waals surface area contributed by atoms with Gasteiger partial charge in [0.2, 0.25) is 6.10 Å². The summed E-state index contributed by atoms with van der Waals surface area (Å²) >= 11 is 0. The SMILES string of the molecule is CCOC(C(N)=O)C(F)(F)C(F)(F)F. The van der Waals surface area contributed by atoms with Crippen LogP contribution in [0.25, 0.3) is 0 Å². The van der Waals surface area contributed by atoms with Gasteiger partial charge in [-0.1, -0.05) is 0 Å². The second-order valence-corrected chi connectivity index (χ2v) is 2.36. The van der Waals surface area contributed by atoms with E-state index in [-0.39, 0.29) is 0 Å². The van der Waals surface area contributed by atoms with E-state index in [1.165, 1.54) is 6.92 Å². The highest BCUT2D eigenvalue weighted by atomic mass is 19.4. The predicted octanol–water partition coefficient (Wildman–Crippen LogP) is 1.07. The summed E-state index contributed by atoms with van der Waals surface area (Å²) in [5.74, 6) is -7.12. The first-order valence-corrected chi connectivity index (χ1v) is 3.50. The number of amides is 1. The van der Waals surface area contributed by atoms with Gasteiger partial charge >= 0.3 is 12.1 Å². The van der Waals surface area contributed by atoms with E-state index >= 15 is 0 Å². The zero-order chi connectivity index (χ0) is 11.6. The van der Waals surface area contributed by atoms with Crippen LogP contribution in [-0.4, -0.2) is 30.7 Å². The van der Waals surface area contributed by atoms with Gasteiger partial charge in [-0.2, -0.15) is 22.0 Å². The van der Waals surface area contributed by atoms with E-state index in [0.717, 1.165) is 0 Å². The first kappa shape index (κ1) is 13.1. The largest absolute Gasteiger partial charge is 0.456 e. The van der Waals surface area contributed by atoms with E-state index in [4.69, 9.17) is 0 Å². The lowest BCUT2D eigenvalue weighted by Crippen LogP contribution is -2.54.